The Hall–Kier alpha value is -1.20. The highest BCUT2D eigenvalue weighted by molar-refractivity contribution is 7.89. The van der Waals surface area contributed by atoms with Crippen LogP contribution in [-0.4, -0.2) is 25.3 Å². The maximum atomic E-state index is 12.8. The first-order chi connectivity index (χ1) is 8.05. The average Bonchev–Trinajstić information content (AvgIpc) is 3.10. The average molecular weight is 255 g/mol. The lowest BCUT2D eigenvalue weighted by atomic mass is 10.4. The summed E-state index contributed by atoms with van der Waals surface area (Å²) in [6.07, 6.45) is 3.34. The predicted octanol–water partition coefficient (Wildman–Crippen LogP) is 2.16. The Balaban J connectivity index is 2.33. The maximum absolute atomic E-state index is 12.8. The zero-order chi connectivity index (χ0) is 12.5. The number of nitrogens with zero attached hydrogens (tertiary/aromatic N) is 1. The van der Waals surface area contributed by atoms with Gasteiger partial charge in [0.15, 0.2) is 0 Å². The van der Waals surface area contributed by atoms with E-state index in [2.05, 4.69) is 6.58 Å². The molecule has 5 heteroatoms. The van der Waals surface area contributed by atoms with E-state index < -0.39 is 15.8 Å². The van der Waals surface area contributed by atoms with E-state index >= 15 is 0 Å². The number of rotatable bonds is 5. The van der Waals surface area contributed by atoms with Gasteiger partial charge < -0.3 is 0 Å². The largest absolute Gasteiger partial charge is 0.243 e. The molecule has 92 valence electrons. The summed E-state index contributed by atoms with van der Waals surface area (Å²) in [6.45, 7) is 3.86. The van der Waals surface area contributed by atoms with E-state index in [0.29, 0.717) is 6.54 Å². The van der Waals surface area contributed by atoms with E-state index in [-0.39, 0.29) is 10.9 Å². The summed E-state index contributed by atoms with van der Waals surface area (Å²) >= 11 is 0. The third kappa shape index (κ3) is 2.56. The van der Waals surface area contributed by atoms with E-state index in [1.54, 1.807) is 6.08 Å². The van der Waals surface area contributed by atoms with E-state index in [9.17, 15) is 12.8 Å². The van der Waals surface area contributed by atoms with Crippen LogP contribution < -0.4 is 0 Å². The van der Waals surface area contributed by atoms with E-state index in [1.807, 2.05) is 0 Å². The van der Waals surface area contributed by atoms with Crippen molar-refractivity contribution in [2.45, 2.75) is 23.8 Å². The summed E-state index contributed by atoms with van der Waals surface area (Å²) in [5.41, 5.74) is 0. The number of sulfonamides is 1. The molecular formula is C12H14FNO2S. The second-order valence-electron chi connectivity index (χ2n) is 4.05. The van der Waals surface area contributed by atoms with Gasteiger partial charge in [-0.05, 0) is 37.1 Å². The molecule has 1 aliphatic carbocycles. The SMILES string of the molecule is C=CCN(C1CC1)S(=O)(=O)c1ccc(F)cc1. The first kappa shape index (κ1) is 12.3. The third-order valence-electron chi connectivity index (χ3n) is 2.68. The van der Waals surface area contributed by atoms with E-state index in [0.717, 1.165) is 25.0 Å². The van der Waals surface area contributed by atoms with Crippen molar-refractivity contribution in [1.82, 2.24) is 4.31 Å². The Bertz CT molecular complexity index is 506. The first-order valence-electron chi connectivity index (χ1n) is 5.44. The van der Waals surface area contributed by atoms with Crippen LogP contribution in [0, 0.1) is 5.82 Å². The number of hydrogen-bond acceptors (Lipinski definition) is 2. The molecule has 1 aromatic carbocycles. The molecule has 17 heavy (non-hydrogen) atoms. The van der Waals surface area contributed by atoms with Crippen LogP contribution in [0.3, 0.4) is 0 Å². The van der Waals surface area contributed by atoms with Crippen LogP contribution in [0.5, 0.6) is 0 Å². The molecule has 2 rings (SSSR count). The summed E-state index contributed by atoms with van der Waals surface area (Å²) in [4.78, 5) is 0.132. The van der Waals surface area contributed by atoms with Crippen molar-refractivity contribution in [3.63, 3.8) is 0 Å². The zero-order valence-electron chi connectivity index (χ0n) is 9.34. The highest BCUT2D eigenvalue weighted by atomic mass is 32.2. The Labute approximate surface area is 101 Å². The van der Waals surface area contributed by atoms with E-state index in [1.165, 1.54) is 16.4 Å². The molecule has 1 saturated carbocycles. The summed E-state index contributed by atoms with van der Waals surface area (Å²) in [6, 6.07) is 4.98. The normalized spacial score (nSPS) is 16.1. The van der Waals surface area contributed by atoms with Gasteiger partial charge in [0.1, 0.15) is 5.82 Å². The van der Waals surface area contributed by atoms with Crippen molar-refractivity contribution in [1.29, 1.82) is 0 Å². The van der Waals surface area contributed by atoms with Crippen molar-refractivity contribution in [2.75, 3.05) is 6.54 Å². The minimum absolute atomic E-state index is 0.0723. The fraction of sp³-hybridized carbons (Fsp3) is 0.333. The fourth-order valence-corrected chi connectivity index (χ4v) is 3.33. The molecular weight excluding hydrogens is 241 g/mol. The van der Waals surface area contributed by atoms with Gasteiger partial charge in [0.05, 0.1) is 4.90 Å². The number of benzene rings is 1. The van der Waals surface area contributed by atoms with Crippen LogP contribution in [-0.2, 0) is 10.0 Å². The lowest BCUT2D eigenvalue weighted by molar-refractivity contribution is 0.436. The predicted molar refractivity (Wildman–Crippen MR) is 63.5 cm³/mol. The van der Waals surface area contributed by atoms with Crippen molar-refractivity contribution in [3.8, 4) is 0 Å². The molecule has 0 aliphatic heterocycles. The van der Waals surface area contributed by atoms with Gasteiger partial charge in [0.25, 0.3) is 0 Å². The Morgan fingerprint density at radius 1 is 1.35 bits per heavy atom. The minimum atomic E-state index is -3.52. The highest BCUT2D eigenvalue weighted by Gasteiger charge is 2.37. The Kier molecular flexibility index (Phi) is 3.31. The van der Waals surface area contributed by atoms with Crippen molar-refractivity contribution in [2.24, 2.45) is 0 Å². The number of halogens is 1. The summed E-state index contributed by atoms with van der Waals surface area (Å²) < 4.78 is 38.7. The van der Waals surface area contributed by atoms with Crippen LogP contribution >= 0.6 is 0 Å². The van der Waals surface area contributed by atoms with Crippen LogP contribution in [0.4, 0.5) is 4.39 Å². The van der Waals surface area contributed by atoms with Gasteiger partial charge in [0.2, 0.25) is 10.0 Å². The maximum Gasteiger partial charge on any atom is 0.243 e. The summed E-state index contributed by atoms with van der Waals surface area (Å²) in [5.74, 6) is -0.439. The standard InChI is InChI=1S/C12H14FNO2S/c1-2-9-14(11-5-6-11)17(15,16)12-7-3-10(13)4-8-12/h2-4,7-8,11H,1,5-6,9H2. The minimum Gasteiger partial charge on any atom is -0.207 e. The van der Waals surface area contributed by atoms with E-state index in [4.69, 9.17) is 0 Å². The fourth-order valence-electron chi connectivity index (χ4n) is 1.68. The second kappa shape index (κ2) is 4.58. The summed E-state index contributed by atoms with van der Waals surface area (Å²) in [5, 5.41) is 0. The molecule has 0 atom stereocenters. The monoisotopic (exact) mass is 255 g/mol. The second-order valence-corrected chi connectivity index (χ2v) is 5.94. The lowest BCUT2D eigenvalue weighted by Gasteiger charge is -2.20. The molecule has 0 saturated heterocycles. The van der Waals surface area contributed by atoms with Gasteiger partial charge in [-0.15, -0.1) is 6.58 Å². The Morgan fingerprint density at radius 3 is 2.41 bits per heavy atom. The summed E-state index contributed by atoms with van der Waals surface area (Å²) in [7, 11) is -3.52. The molecule has 0 amide bonds. The molecule has 0 N–H and O–H groups in total. The molecule has 3 nitrogen and oxygen atoms in total. The van der Waals surface area contributed by atoms with Crippen molar-refractivity contribution < 1.29 is 12.8 Å². The van der Waals surface area contributed by atoms with Gasteiger partial charge in [-0.25, -0.2) is 12.8 Å². The highest BCUT2D eigenvalue weighted by Crippen LogP contribution is 2.31. The molecule has 1 fully saturated rings. The van der Waals surface area contributed by atoms with Gasteiger partial charge in [-0.3, -0.25) is 0 Å². The molecule has 0 spiro atoms. The molecule has 0 heterocycles. The molecule has 0 bridgehead atoms. The van der Waals surface area contributed by atoms with Crippen LogP contribution in [0.1, 0.15) is 12.8 Å². The van der Waals surface area contributed by atoms with Gasteiger partial charge in [-0.1, -0.05) is 6.08 Å². The van der Waals surface area contributed by atoms with Gasteiger partial charge in [-0.2, -0.15) is 4.31 Å². The van der Waals surface area contributed by atoms with Crippen LogP contribution in [0.2, 0.25) is 0 Å². The molecule has 0 radical (unpaired) electrons. The van der Waals surface area contributed by atoms with Crippen LogP contribution in [0.15, 0.2) is 41.8 Å². The van der Waals surface area contributed by atoms with Gasteiger partial charge in [0, 0.05) is 12.6 Å². The lowest BCUT2D eigenvalue weighted by Crippen LogP contribution is -2.33. The molecule has 0 aromatic heterocycles. The molecule has 1 aromatic rings. The van der Waals surface area contributed by atoms with Crippen LogP contribution in [0.25, 0.3) is 0 Å². The Morgan fingerprint density at radius 2 is 1.94 bits per heavy atom. The first-order valence-corrected chi connectivity index (χ1v) is 6.88. The topological polar surface area (TPSA) is 37.4 Å². The third-order valence-corrected chi connectivity index (χ3v) is 4.62. The van der Waals surface area contributed by atoms with Crippen molar-refractivity contribution in [3.05, 3.63) is 42.7 Å². The number of hydrogen-bond donors (Lipinski definition) is 0. The zero-order valence-corrected chi connectivity index (χ0v) is 10.2. The smallest absolute Gasteiger partial charge is 0.207 e. The molecule has 0 unspecified atom stereocenters. The van der Waals surface area contributed by atoms with Gasteiger partial charge >= 0.3 is 0 Å². The quantitative estimate of drug-likeness (QED) is 0.756. The molecule has 1 aliphatic rings. The van der Waals surface area contributed by atoms with Crippen molar-refractivity contribution >= 4 is 10.0 Å².